The first-order chi connectivity index (χ1) is 7.50. The van der Waals surface area contributed by atoms with E-state index in [1.165, 1.54) is 11.1 Å². The maximum absolute atomic E-state index is 13.7. The molecule has 1 aliphatic rings. The highest BCUT2D eigenvalue weighted by Crippen LogP contribution is 2.28. The molecule has 1 atom stereocenters. The highest BCUT2D eigenvalue weighted by molar-refractivity contribution is 5.12. The molecule has 0 aliphatic heterocycles. The molecule has 16 heavy (non-hydrogen) atoms. The zero-order valence-corrected chi connectivity index (χ0v) is 10.8. The molecule has 0 radical (unpaired) electrons. The predicted molar refractivity (Wildman–Crippen MR) is 69.0 cm³/mol. The SMILES string of the molecule is C=C(C)[C@@H]1C/C=C(\C)CC/C(F)=C(\C)CC1. The fourth-order valence-electron chi connectivity index (χ4n) is 2.06. The van der Waals surface area contributed by atoms with Crippen molar-refractivity contribution in [3.63, 3.8) is 0 Å². The Hall–Kier alpha value is -0.850. The van der Waals surface area contributed by atoms with Crippen LogP contribution in [-0.4, -0.2) is 0 Å². The van der Waals surface area contributed by atoms with Crippen molar-refractivity contribution < 1.29 is 4.39 Å². The first-order valence-electron chi connectivity index (χ1n) is 6.16. The van der Waals surface area contributed by atoms with Crippen molar-refractivity contribution in [3.05, 3.63) is 35.2 Å². The van der Waals surface area contributed by atoms with Gasteiger partial charge >= 0.3 is 0 Å². The standard InChI is InChI=1S/C15H23F/c1-11(2)14-8-5-12(3)6-10-15(16)13(4)7-9-14/h5,14H,1,6-10H2,2-4H3/b12-5+,15-13-/t14-/m1/s1. The lowest BCUT2D eigenvalue weighted by Crippen LogP contribution is -2.02. The van der Waals surface area contributed by atoms with Gasteiger partial charge in [-0.1, -0.05) is 23.8 Å². The molecule has 0 saturated heterocycles. The fraction of sp³-hybridized carbons (Fsp3) is 0.600. The van der Waals surface area contributed by atoms with Gasteiger partial charge in [-0.05, 0) is 57.9 Å². The van der Waals surface area contributed by atoms with Crippen molar-refractivity contribution in [3.8, 4) is 0 Å². The van der Waals surface area contributed by atoms with E-state index in [0.29, 0.717) is 12.3 Å². The maximum Gasteiger partial charge on any atom is 0.0991 e. The van der Waals surface area contributed by atoms with Gasteiger partial charge in [-0.15, -0.1) is 0 Å². The lowest BCUT2D eigenvalue weighted by atomic mass is 9.89. The van der Waals surface area contributed by atoms with Crippen molar-refractivity contribution in [2.45, 2.75) is 52.9 Å². The molecule has 0 unspecified atom stereocenters. The second-order valence-electron chi connectivity index (χ2n) is 5.05. The van der Waals surface area contributed by atoms with E-state index >= 15 is 0 Å². The van der Waals surface area contributed by atoms with Gasteiger partial charge in [0.05, 0.1) is 5.83 Å². The summed E-state index contributed by atoms with van der Waals surface area (Å²) in [6.07, 6.45) is 6.65. The van der Waals surface area contributed by atoms with Gasteiger partial charge in [-0.2, -0.15) is 0 Å². The molecule has 0 aromatic carbocycles. The van der Waals surface area contributed by atoms with Crippen LogP contribution in [0.25, 0.3) is 0 Å². The molecule has 0 nitrogen and oxygen atoms in total. The van der Waals surface area contributed by atoms with Crippen LogP contribution in [0.1, 0.15) is 52.9 Å². The van der Waals surface area contributed by atoms with E-state index in [9.17, 15) is 4.39 Å². The molecule has 0 aromatic rings. The molecular formula is C15H23F. The lowest BCUT2D eigenvalue weighted by Gasteiger charge is -2.17. The van der Waals surface area contributed by atoms with Gasteiger partial charge in [0.15, 0.2) is 0 Å². The third-order valence-corrected chi connectivity index (χ3v) is 3.52. The van der Waals surface area contributed by atoms with Crippen LogP contribution in [0.15, 0.2) is 35.2 Å². The summed E-state index contributed by atoms with van der Waals surface area (Å²) in [6.45, 7) is 10.1. The van der Waals surface area contributed by atoms with Crippen LogP contribution in [0.3, 0.4) is 0 Å². The Morgan fingerprint density at radius 3 is 2.62 bits per heavy atom. The predicted octanol–water partition coefficient (Wildman–Crippen LogP) is 5.33. The summed E-state index contributed by atoms with van der Waals surface area (Å²) in [5.41, 5.74) is 3.45. The molecule has 0 bridgehead atoms. The van der Waals surface area contributed by atoms with E-state index in [1.807, 2.05) is 6.92 Å². The average molecular weight is 222 g/mol. The highest BCUT2D eigenvalue weighted by atomic mass is 19.1. The van der Waals surface area contributed by atoms with Crippen LogP contribution in [-0.2, 0) is 0 Å². The fourth-order valence-corrected chi connectivity index (χ4v) is 2.06. The second kappa shape index (κ2) is 6.03. The van der Waals surface area contributed by atoms with Gasteiger partial charge in [0, 0.05) is 6.42 Å². The zero-order valence-electron chi connectivity index (χ0n) is 10.8. The molecule has 1 aliphatic carbocycles. The van der Waals surface area contributed by atoms with E-state index < -0.39 is 0 Å². The van der Waals surface area contributed by atoms with Crippen LogP contribution in [0.2, 0.25) is 0 Å². The summed E-state index contributed by atoms with van der Waals surface area (Å²) in [7, 11) is 0. The molecule has 0 N–H and O–H groups in total. The third-order valence-electron chi connectivity index (χ3n) is 3.52. The van der Waals surface area contributed by atoms with E-state index in [1.54, 1.807) is 0 Å². The summed E-state index contributed by atoms with van der Waals surface area (Å²) in [5, 5.41) is 0. The van der Waals surface area contributed by atoms with Gasteiger partial charge < -0.3 is 0 Å². The van der Waals surface area contributed by atoms with E-state index in [2.05, 4.69) is 26.5 Å². The van der Waals surface area contributed by atoms with Crippen molar-refractivity contribution >= 4 is 0 Å². The minimum atomic E-state index is 0.0927. The number of hydrogen-bond donors (Lipinski definition) is 0. The average Bonchev–Trinajstić information content (AvgIpc) is 2.23. The number of rotatable bonds is 1. The summed E-state index contributed by atoms with van der Waals surface area (Å²) < 4.78 is 13.7. The maximum atomic E-state index is 13.7. The molecule has 1 heteroatoms. The molecule has 90 valence electrons. The van der Waals surface area contributed by atoms with E-state index in [0.717, 1.165) is 31.3 Å². The Balaban J connectivity index is 2.80. The van der Waals surface area contributed by atoms with Gasteiger partial charge in [-0.3, -0.25) is 0 Å². The second-order valence-corrected chi connectivity index (χ2v) is 5.05. The largest absolute Gasteiger partial charge is 0.212 e. The van der Waals surface area contributed by atoms with Crippen molar-refractivity contribution in [1.29, 1.82) is 0 Å². The van der Waals surface area contributed by atoms with Crippen LogP contribution in [0, 0.1) is 5.92 Å². The monoisotopic (exact) mass is 222 g/mol. The number of allylic oxidation sites excluding steroid dienone is 5. The Morgan fingerprint density at radius 2 is 2.00 bits per heavy atom. The van der Waals surface area contributed by atoms with Gasteiger partial charge in [0.1, 0.15) is 0 Å². The normalized spacial score (nSPS) is 31.8. The highest BCUT2D eigenvalue weighted by Gasteiger charge is 2.12. The topological polar surface area (TPSA) is 0 Å². The zero-order chi connectivity index (χ0) is 12.1. The molecule has 0 amide bonds. The van der Waals surface area contributed by atoms with Crippen molar-refractivity contribution in [1.82, 2.24) is 0 Å². The minimum Gasteiger partial charge on any atom is -0.212 e. The number of halogens is 1. The Morgan fingerprint density at radius 1 is 1.31 bits per heavy atom. The first kappa shape index (κ1) is 13.2. The summed E-state index contributed by atoms with van der Waals surface area (Å²) in [6, 6.07) is 0. The first-order valence-corrected chi connectivity index (χ1v) is 6.16. The van der Waals surface area contributed by atoms with E-state index in [-0.39, 0.29) is 5.83 Å². The van der Waals surface area contributed by atoms with Crippen molar-refractivity contribution in [2.75, 3.05) is 0 Å². The molecule has 0 fully saturated rings. The molecule has 0 heterocycles. The summed E-state index contributed by atoms with van der Waals surface area (Å²) >= 11 is 0. The van der Waals surface area contributed by atoms with Crippen LogP contribution >= 0.6 is 0 Å². The van der Waals surface area contributed by atoms with Gasteiger partial charge in [0.25, 0.3) is 0 Å². The van der Waals surface area contributed by atoms with Crippen LogP contribution in [0.4, 0.5) is 4.39 Å². The smallest absolute Gasteiger partial charge is 0.0991 e. The number of hydrogen-bond acceptors (Lipinski definition) is 0. The minimum absolute atomic E-state index is 0.0927. The Kier molecular flexibility index (Phi) is 4.98. The molecule has 0 aromatic heterocycles. The summed E-state index contributed by atoms with van der Waals surface area (Å²) in [5.74, 6) is 0.603. The molecule has 0 saturated carbocycles. The van der Waals surface area contributed by atoms with Crippen LogP contribution < -0.4 is 0 Å². The molecular weight excluding hydrogens is 199 g/mol. The summed E-state index contributed by atoms with van der Waals surface area (Å²) in [4.78, 5) is 0. The lowest BCUT2D eigenvalue weighted by molar-refractivity contribution is 0.525. The molecule has 0 spiro atoms. The molecule has 1 rings (SSSR count). The Labute approximate surface area is 98.9 Å². The van der Waals surface area contributed by atoms with Crippen LogP contribution in [0.5, 0.6) is 0 Å². The van der Waals surface area contributed by atoms with Gasteiger partial charge in [0.2, 0.25) is 0 Å². The van der Waals surface area contributed by atoms with Crippen molar-refractivity contribution in [2.24, 2.45) is 5.92 Å². The van der Waals surface area contributed by atoms with E-state index in [4.69, 9.17) is 0 Å². The quantitative estimate of drug-likeness (QED) is 0.526. The van der Waals surface area contributed by atoms with Gasteiger partial charge in [-0.25, -0.2) is 4.39 Å². The third kappa shape index (κ3) is 3.96. The Bertz CT molecular complexity index is 320.